The van der Waals surface area contributed by atoms with Gasteiger partial charge in [0.1, 0.15) is 0 Å². The molecule has 0 atom stereocenters. The summed E-state index contributed by atoms with van der Waals surface area (Å²) in [6.45, 7) is 0. The molecule has 43 heavy (non-hydrogen) atoms. The molecule has 3 aromatic heterocycles. The van der Waals surface area contributed by atoms with E-state index in [0.29, 0.717) is 16.7 Å². The second kappa shape index (κ2) is 17.1. The van der Waals surface area contributed by atoms with Crippen molar-refractivity contribution in [2.45, 2.75) is 0 Å². The third-order valence-electron chi connectivity index (χ3n) is 5.65. The first kappa shape index (κ1) is 31.8. The molecule has 3 aromatic carbocycles. The maximum atomic E-state index is 8.61. The van der Waals surface area contributed by atoms with Gasteiger partial charge < -0.3 is 15.0 Å². The summed E-state index contributed by atoms with van der Waals surface area (Å²) in [6.07, 6.45) is 5.21. The van der Waals surface area contributed by atoms with Crippen LogP contribution in [0.4, 0.5) is 0 Å². The predicted molar refractivity (Wildman–Crippen MR) is 160 cm³/mol. The Hall–Kier alpha value is -5.77. The molecule has 6 rings (SSSR count). The minimum atomic E-state index is 0. The second-order valence-electron chi connectivity index (χ2n) is 8.45. The summed E-state index contributed by atoms with van der Waals surface area (Å²) in [5, 5.41) is 25.8. The van der Waals surface area contributed by atoms with Crippen LogP contribution in [0.1, 0.15) is 16.7 Å². The van der Waals surface area contributed by atoms with Gasteiger partial charge in [-0.15, -0.1) is 89.5 Å². The maximum Gasteiger partial charge on any atom is 3.00 e. The molecule has 0 aliphatic carbocycles. The first-order chi connectivity index (χ1) is 20.7. The number of hydrogen-bond donors (Lipinski definition) is 0. The van der Waals surface area contributed by atoms with E-state index in [1.165, 1.54) is 0 Å². The van der Waals surface area contributed by atoms with Crippen LogP contribution < -0.4 is 0 Å². The van der Waals surface area contributed by atoms with Crippen LogP contribution in [-0.2, 0) is 20.1 Å². The Morgan fingerprint density at radius 3 is 0.907 bits per heavy atom. The van der Waals surface area contributed by atoms with Crippen LogP contribution in [0.5, 0.6) is 0 Å². The Morgan fingerprint density at radius 1 is 0.419 bits per heavy atom. The van der Waals surface area contributed by atoms with Gasteiger partial charge in [0.15, 0.2) is 0 Å². The Bertz CT molecular complexity index is 1580. The maximum absolute atomic E-state index is 8.61. The molecule has 0 bridgehead atoms. The molecule has 3 heterocycles. The molecule has 0 aliphatic heterocycles. The predicted octanol–water partition coefficient (Wildman–Crippen LogP) is 7.26. The van der Waals surface area contributed by atoms with Crippen LogP contribution in [-0.4, -0.2) is 15.0 Å². The fourth-order valence-electron chi connectivity index (χ4n) is 3.53. The van der Waals surface area contributed by atoms with E-state index in [2.05, 4.69) is 51.4 Å². The van der Waals surface area contributed by atoms with Crippen LogP contribution in [0, 0.1) is 52.2 Å². The number of nitriles is 3. The van der Waals surface area contributed by atoms with Crippen molar-refractivity contribution in [1.29, 1.82) is 15.8 Å². The van der Waals surface area contributed by atoms with Crippen LogP contribution in [0.15, 0.2) is 128 Å². The van der Waals surface area contributed by atoms with Crippen molar-refractivity contribution < 1.29 is 20.1 Å². The molecule has 0 aliphatic rings. The van der Waals surface area contributed by atoms with E-state index >= 15 is 0 Å². The smallest absolute Gasteiger partial charge is 0.305 e. The van der Waals surface area contributed by atoms with Gasteiger partial charge in [-0.05, 0) is 52.0 Å². The van der Waals surface area contributed by atoms with Gasteiger partial charge in [-0.25, -0.2) is 15.8 Å². The minimum absolute atomic E-state index is 0. The number of pyridine rings is 3. The molecule has 6 nitrogen and oxygen atoms in total. The number of rotatable bonds is 3. The van der Waals surface area contributed by atoms with E-state index in [9.17, 15) is 0 Å². The summed E-state index contributed by atoms with van der Waals surface area (Å²) < 4.78 is 0. The van der Waals surface area contributed by atoms with Gasteiger partial charge in [0, 0.05) is 36.8 Å². The van der Waals surface area contributed by atoms with Crippen molar-refractivity contribution in [3.8, 4) is 52.0 Å². The number of aromatic nitrogens is 3. The molecule has 0 fully saturated rings. The van der Waals surface area contributed by atoms with Crippen LogP contribution in [0.3, 0.4) is 0 Å². The van der Waals surface area contributed by atoms with E-state index in [4.69, 9.17) is 15.8 Å². The van der Waals surface area contributed by atoms with Crippen molar-refractivity contribution >= 4 is 0 Å². The first-order valence-electron chi connectivity index (χ1n) is 12.7. The summed E-state index contributed by atoms with van der Waals surface area (Å²) in [7, 11) is 0. The average Bonchev–Trinajstić information content (AvgIpc) is 3.10. The molecule has 0 amide bonds. The molecule has 0 N–H and O–H groups in total. The molecule has 6 aromatic rings. The standard InChI is InChI=1S/3C12H7N2.Ir/c3*13-9-10-4-6-11(7-5-10)12-3-1-2-8-14-12;/h3*1-6,8H;/q3*-1;+3. The zero-order chi connectivity index (χ0) is 29.4. The van der Waals surface area contributed by atoms with Gasteiger partial charge in [0.25, 0.3) is 0 Å². The van der Waals surface area contributed by atoms with Gasteiger partial charge in [-0.1, -0.05) is 36.4 Å². The Labute approximate surface area is 264 Å². The van der Waals surface area contributed by atoms with Crippen molar-refractivity contribution in [2.75, 3.05) is 0 Å². The van der Waals surface area contributed by atoms with Gasteiger partial charge in [-0.2, -0.15) is 0 Å². The largest absolute Gasteiger partial charge is 3.00 e. The van der Waals surface area contributed by atoms with E-state index in [1.807, 2.05) is 72.8 Å². The van der Waals surface area contributed by atoms with Gasteiger partial charge in [0.05, 0.1) is 0 Å². The summed E-state index contributed by atoms with van der Waals surface area (Å²) in [5.41, 5.74) is 7.18. The SMILES string of the molecule is N#Cc1c[c-]c(-c2ccccn2)cc1.N#Cc1c[c-]c(-c2ccccn2)cc1.N#Cc1c[c-]c(-c2ccccn2)cc1.[Ir+3]. The van der Waals surface area contributed by atoms with E-state index in [0.717, 1.165) is 33.8 Å². The summed E-state index contributed by atoms with van der Waals surface area (Å²) >= 11 is 0. The molecule has 0 radical (unpaired) electrons. The van der Waals surface area contributed by atoms with Crippen molar-refractivity contribution in [3.63, 3.8) is 0 Å². The number of benzene rings is 3. The molecule has 7 heteroatoms. The third kappa shape index (κ3) is 9.68. The molecule has 0 saturated carbocycles. The zero-order valence-corrected chi connectivity index (χ0v) is 25.0. The fraction of sp³-hybridized carbons (Fsp3) is 0. The molecule has 0 saturated heterocycles. The van der Waals surface area contributed by atoms with Crippen LogP contribution in [0.2, 0.25) is 0 Å². The van der Waals surface area contributed by atoms with Gasteiger partial charge in [-0.3, -0.25) is 0 Å². The summed E-state index contributed by atoms with van der Waals surface area (Å²) in [6, 6.07) is 48.2. The molecule has 0 unspecified atom stereocenters. The quantitative estimate of drug-likeness (QED) is 0.178. The summed E-state index contributed by atoms with van der Waals surface area (Å²) in [5.74, 6) is 0. The van der Waals surface area contributed by atoms with E-state index in [-0.39, 0.29) is 20.1 Å². The van der Waals surface area contributed by atoms with E-state index in [1.54, 1.807) is 55.0 Å². The van der Waals surface area contributed by atoms with Crippen molar-refractivity contribution in [3.05, 3.63) is 163 Å². The average molecular weight is 730 g/mol. The number of nitrogens with zero attached hydrogens (tertiary/aromatic N) is 6. The molecular formula is C36H21IrN6. The molecule has 204 valence electrons. The fourth-order valence-corrected chi connectivity index (χ4v) is 3.53. The monoisotopic (exact) mass is 730 g/mol. The number of hydrogen-bond acceptors (Lipinski definition) is 6. The Morgan fingerprint density at radius 2 is 0.721 bits per heavy atom. The molecule has 0 spiro atoms. The minimum Gasteiger partial charge on any atom is -0.305 e. The van der Waals surface area contributed by atoms with Gasteiger partial charge in [0.2, 0.25) is 0 Å². The molecular weight excluding hydrogens is 709 g/mol. The first-order valence-corrected chi connectivity index (χ1v) is 12.7. The topological polar surface area (TPSA) is 110 Å². The van der Waals surface area contributed by atoms with Crippen molar-refractivity contribution in [2.24, 2.45) is 0 Å². The normalized spacial score (nSPS) is 9.14. The second-order valence-corrected chi connectivity index (χ2v) is 8.45. The van der Waals surface area contributed by atoms with Crippen LogP contribution >= 0.6 is 0 Å². The third-order valence-corrected chi connectivity index (χ3v) is 5.65. The Kier molecular flexibility index (Phi) is 12.7. The van der Waals surface area contributed by atoms with E-state index < -0.39 is 0 Å². The Balaban J connectivity index is 0.000000175. The van der Waals surface area contributed by atoms with Crippen molar-refractivity contribution in [1.82, 2.24) is 15.0 Å². The van der Waals surface area contributed by atoms with Gasteiger partial charge >= 0.3 is 20.1 Å². The zero-order valence-electron chi connectivity index (χ0n) is 22.6. The van der Waals surface area contributed by atoms with Crippen LogP contribution in [0.25, 0.3) is 33.8 Å². The summed E-state index contributed by atoms with van der Waals surface area (Å²) in [4.78, 5) is 12.6.